The van der Waals surface area contributed by atoms with Gasteiger partial charge in [0.1, 0.15) is 0 Å². The van der Waals surface area contributed by atoms with Gasteiger partial charge >= 0.3 is 0 Å². The van der Waals surface area contributed by atoms with Crippen molar-refractivity contribution in [3.8, 4) is 0 Å². The first-order valence-electron chi connectivity index (χ1n) is 5.93. The third-order valence-electron chi connectivity index (χ3n) is 1.94. The van der Waals surface area contributed by atoms with Gasteiger partial charge in [0.15, 0.2) is 0 Å². The second-order valence-electron chi connectivity index (χ2n) is 2.73. The molecule has 0 fully saturated rings. The molecule has 2 rings (SSSR count). The van der Waals surface area contributed by atoms with Crippen molar-refractivity contribution >= 4 is 11.8 Å². The normalized spacial score (nSPS) is 11.8. The van der Waals surface area contributed by atoms with E-state index in [1.165, 1.54) is 5.57 Å². The van der Waals surface area contributed by atoms with E-state index in [4.69, 9.17) is 0 Å². The van der Waals surface area contributed by atoms with Crippen molar-refractivity contribution in [1.29, 1.82) is 0 Å². The van der Waals surface area contributed by atoms with Crippen LogP contribution in [0.3, 0.4) is 0 Å². The summed E-state index contributed by atoms with van der Waals surface area (Å²) in [6, 6.07) is 4.03. The zero-order valence-electron chi connectivity index (χ0n) is 12.5. The van der Waals surface area contributed by atoms with Crippen molar-refractivity contribution in [1.82, 2.24) is 11.1 Å². The van der Waals surface area contributed by atoms with E-state index in [0.29, 0.717) is 0 Å². The summed E-state index contributed by atoms with van der Waals surface area (Å²) >= 11 is 0. The third-order valence-corrected chi connectivity index (χ3v) is 1.94. The fraction of sp³-hybridized carbons (Fsp3) is 0.400. The number of nitrogens with one attached hydrogen (secondary N) is 1. The number of nitrogens with zero attached hydrogens (tertiary/aromatic N) is 1. The molecule has 4 N–H and O–H groups in total. The number of aromatic nitrogens is 1. The van der Waals surface area contributed by atoms with E-state index in [0.717, 1.165) is 11.4 Å². The van der Waals surface area contributed by atoms with E-state index < -0.39 is 0 Å². The van der Waals surface area contributed by atoms with Gasteiger partial charge < -0.3 is 11.1 Å². The maximum atomic E-state index is 4.22. The van der Waals surface area contributed by atoms with Crippen LogP contribution in [0.5, 0.6) is 0 Å². The Morgan fingerprint density at radius 1 is 1.15 bits per heavy atom. The third kappa shape index (κ3) is 10.9. The van der Waals surface area contributed by atoms with Gasteiger partial charge in [0.2, 0.25) is 0 Å². The van der Waals surface area contributed by atoms with Crippen LogP contribution in [0.1, 0.15) is 47.7 Å². The van der Waals surface area contributed by atoms with Crippen molar-refractivity contribution in [2.45, 2.75) is 42.0 Å². The fourth-order valence-corrected chi connectivity index (χ4v) is 1.22. The number of rotatable bonds is 1. The van der Waals surface area contributed by atoms with Crippen LogP contribution in [-0.2, 0) is 52.8 Å². The molecule has 0 aromatic carbocycles. The molecule has 0 saturated carbocycles. The summed E-state index contributed by atoms with van der Waals surface area (Å²) in [4.78, 5) is 7.36. The molecule has 0 unspecified atom stereocenters. The van der Waals surface area contributed by atoms with Crippen LogP contribution in [0, 0.1) is 0 Å². The van der Waals surface area contributed by atoms with Crippen LogP contribution in [0.15, 0.2) is 41.2 Å². The summed E-state index contributed by atoms with van der Waals surface area (Å²) in [6.07, 6.45) is 7.68. The molecule has 20 heavy (non-hydrogen) atoms. The molecule has 1 aliphatic rings. The summed E-state index contributed by atoms with van der Waals surface area (Å²) in [5, 5.41) is 0. The largest absolute Gasteiger partial charge is 0.361 e. The van der Waals surface area contributed by atoms with Crippen molar-refractivity contribution in [3.05, 3.63) is 41.9 Å². The quantitative estimate of drug-likeness (QED) is 0.511. The number of hydrogen-bond donors (Lipinski definition) is 2. The molecule has 0 aliphatic carbocycles. The summed E-state index contributed by atoms with van der Waals surface area (Å²) < 4.78 is 0. The summed E-state index contributed by atoms with van der Waals surface area (Å²) in [5.74, 6) is 0. The molecule has 0 amide bonds. The second-order valence-corrected chi connectivity index (χ2v) is 2.73. The number of allylic oxidation sites excluding steroid dienone is 3. The minimum Gasteiger partial charge on any atom is -0.361 e. The molecular weight excluding hydrogens is 503 g/mol. The zero-order valence-corrected chi connectivity index (χ0v) is 17.8. The minimum absolute atomic E-state index is 0. The predicted octanol–water partition coefficient (Wildman–Crippen LogP) is 5.23. The van der Waals surface area contributed by atoms with Gasteiger partial charge in [0, 0.05) is 70.9 Å². The number of hydrogen-bond acceptors (Lipinski definition) is 2. The SMILES string of the molecule is C.C/C(=C1\C=CC=N1)c1ccc[nH]1.CC.CC.N.[Ir].[Y]. The van der Waals surface area contributed by atoms with Gasteiger partial charge in [-0.1, -0.05) is 35.1 Å². The van der Waals surface area contributed by atoms with E-state index in [9.17, 15) is 0 Å². The Labute approximate surface area is 163 Å². The van der Waals surface area contributed by atoms with Gasteiger partial charge in [0.05, 0.1) is 5.70 Å². The average Bonchev–Trinajstić information content (AvgIpc) is 3.06. The van der Waals surface area contributed by atoms with E-state index in [1.807, 2.05) is 64.4 Å². The Balaban J connectivity index is -0.0000000868. The maximum absolute atomic E-state index is 4.22. The topological polar surface area (TPSA) is 63.1 Å². The molecular formula is C15H29IrN3Y. The maximum Gasteiger partial charge on any atom is 0.0680 e. The van der Waals surface area contributed by atoms with Crippen LogP contribution >= 0.6 is 0 Å². The molecule has 3 nitrogen and oxygen atoms in total. The minimum atomic E-state index is 0. The fourth-order valence-electron chi connectivity index (χ4n) is 1.22. The molecule has 116 valence electrons. The molecule has 0 saturated heterocycles. The molecule has 2 radical (unpaired) electrons. The second kappa shape index (κ2) is 21.4. The molecule has 0 atom stereocenters. The molecule has 0 bridgehead atoms. The smallest absolute Gasteiger partial charge is 0.0680 e. The first-order valence-corrected chi connectivity index (χ1v) is 5.93. The van der Waals surface area contributed by atoms with E-state index in [-0.39, 0.29) is 66.4 Å². The van der Waals surface area contributed by atoms with Crippen molar-refractivity contribution < 1.29 is 52.8 Å². The predicted molar refractivity (Wildman–Crippen MR) is 85.5 cm³/mol. The van der Waals surface area contributed by atoms with E-state index in [2.05, 4.69) is 16.9 Å². The Morgan fingerprint density at radius 3 is 2.05 bits per heavy atom. The Hall–Kier alpha value is 0.143. The van der Waals surface area contributed by atoms with E-state index >= 15 is 0 Å². The van der Waals surface area contributed by atoms with Crippen LogP contribution in [0.2, 0.25) is 0 Å². The van der Waals surface area contributed by atoms with Gasteiger partial charge in [-0.2, -0.15) is 0 Å². The number of aliphatic imine (C=N–C) groups is 1. The standard InChI is InChI=1S/C10H10N2.2C2H6.CH4.Ir.H3N.Y/c1-8(9-4-2-6-11-9)10-5-3-7-12-10;2*1-2;;;;/h2-7,11H,1H3;2*1-2H3;1H4;;1H3;/b10-8-;;;;;;. The van der Waals surface area contributed by atoms with Crippen LogP contribution in [0.25, 0.3) is 5.57 Å². The van der Waals surface area contributed by atoms with Gasteiger partial charge in [-0.15, -0.1) is 0 Å². The molecule has 1 aromatic rings. The Kier molecular flexibility index (Phi) is 34.5. The molecule has 1 aromatic heterocycles. The van der Waals surface area contributed by atoms with Crippen LogP contribution in [0.4, 0.5) is 0 Å². The molecule has 0 spiro atoms. The summed E-state index contributed by atoms with van der Waals surface area (Å²) in [6.45, 7) is 10.1. The molecule has 1 aliphatic heterocycles. The summed E-state index contributed by atoms with van der Waals surface area (Å²) in [5.41, 5.74) is 3.36. The molecule has 2 heterocycles. The van der Waals surface area contributed by atoms with Gasteiger partial charge in [0.25, 0.3) is 0 Å². The van der Waals surface area contributed by atoms with E-state index in [1.54, 1.807) is 0 Å². The van der Waals surface area contributed by atoms with Crippen molar-refractivity contribution in [3.63, 3.8) is 0 Å². The van der Waals surface area contributed by atoms with Gasteiger partial charge in [-0.3, -0.25) is 4.99 Å². The van der Waals surface area contributed by atoms with Crippen LogP contribution < -0.4 is 6.15 Å². The number of aromatic amines is 1. The first-order chi connectivity index (χ1) is 7.88. The Bertz CT molecular complexity index is 354. The van der Waals surface area contributed by atoms with Crippen molar-refractivity contribution in [2.75, 3.05) is 0 Å². The monoisotopic (exact) mass is 533 g/mol. The average molecular weight is 533 g/mol. The number of H-pyrrole nitrogens is 1. The van der Waals surface area contributed by atoms with Gasteiger partial charge in [-0.05, 0) is 36.8 Å². The molecule has 5 heteroatoms. The van der Waals surface area contributed by atoms with Crippen LogP contribution in [-0.4, -0.2) is 11.2 Å². The first kappa shape index (κ1) is 32.2. The van der Waals surface area contributed by atoms with Gasteiger partial charge in [-0.25, -0.2) is 0 Å². The zero-order chi connectivity index (χ0) is 12.4. The Morgan fingerprint density at radius 2 is 1.70 bits per heavy atom. The van der Waals surface area contributed by atoms with Crippen molar-refractivity contribution in [2.24, 2.45) is 4.99 Å². The summed E-state index contributed by atoms with van der Waals surface area (Å²) in [7, 11) is 0.